The van der Waals surface area contributed by atoms with E-state index in [0.717, 1.165) is 24.2 Å². The van der Waals surface area contributed by atoms with Gasteiger partial charge in [0.05, 0.1) is 12.6 Å². The van der Waals surface area contributed by atoms with Crippen LogP contribution in [0.2, 0.25) is 5.02 Å². The van der Waals surface area contributed by atoms with Crippen molar-refractivity contribution in [2.75, 3.05) is 12.3 Å². The molecular formula is C22H23ClN4O2S. The zero-order chi connectivity index (χ0) is 20.7. The average Bonchev–Trinajstić information content (AvgIpc) is 3.34. The minimum absolute atomic E-state index is 0.0511. The van der Waals surface area contributed by atoms with Gasteiger partial charge in [0.15, 0.2) is 6.29 Å². The Morgan fingerprint density at radius 1 is 1.07 bits per heavy atom. The highest BCUT2D eigenvalue weighted by atomic mass is 35.5. The molecule has 6 nitrogen and oxygen atoms in total. The molecule has 0 aromatic heterocycles. The van der Waals surface area contributed by atoms with Crippen molar-refractivity contribution in [1.82, 2.24) is 20.2 Å². The van der Waals surface area contributed by atoms with Crippen LogP contribution in [0.4, 0.5) is 4.79 Å². The van der Waals surface area contributed by atoms with Crippen LogP contribution in [0.15, 0.2) is 54.6 Å². The maximum atomic E-state index is 13.3. The number of fused-ring (bicyclic) bond motifs is 3. The molecule has 3 heterocycles. The van der Waals surface area contributed by atoms with E-state index in [4.69, 9.17) is 11.6 Å². The number of halogens is 1. The summed E-state index contributed by atoms with van der Waals surface area (Å²) in [6.07, 6.45) is 1.17. The predicted octanol–water partition coefficient (Wildman–Crippen LogP) is 3.32. The van der Waals surface area contributed by atoms with Gasteiger partial charge in [0.2, 0.25) is 5.91 Å². The molecular weight excluding hydrogens is 420 g/mol. The number of carbonyl (C=O) groups is 2. The highest BCUT2D eigenvalue weighted by Crippen LogP contribution is 2.39. The number of thioether (sulfide) groups is 1. The Morgan fingerprint density at radius 3 is 2.67 bits per heavy atom. The van der Waals surface area contributed by atoms with E-state index in [2.05, 4.69) is 17.6 Å². The number of urea groups is 1. The Balaban J connectivity index is 1.39. The van der Waals surface area contributed by atoms with Gasteiger partial charge < -0.3 is 4.90 Å². The van der Waals surface area contributed by atoms with E-state index >= 15 is 0 Å². The first kappa shape index (κ1) is 19.7. The van der Waals surface area contributed by atoms with Crippen LogP contribution in [0, 0.1) is 0 Å². The molecule has 3 saturated heterocycles. The molecule has 0 spiro atoms. The van der Waals surface area contributed by atoms with Crippen LogP contribution in [0.5, 0.6) is 0 Å². The summed E-state index contributed by atoms with van der Waals surface area (Å²) in [6, 6.07) is 17.5. The van der Waals surface area contributed by atoms with E-state index in [1.165, 1.54) is 5.56 Å². The quantitative estimate of drug-likeness (QED) is 0.771. The molecule has 8 heteroatoms. The summed E-state index contributed by atoms with van der Waals surface area (Å²) in [4.78, 5) is 30.3. The van der Waals surface area contributed by atoms with Gasteiger partial charge >= 0.3 is 6.03 Å². The van der Waals surface area contributed by atoms with E-state index in [0.29, 0.717) is 18.1 Å². The first-order valence-electron chi connectivity index (χ1n) is 10.2. The maximum Gasteiger partial charge on any atom is 0.337 e. The van der Waals surface area contributed by atoms with Gasteiger partial charge in [-0.05, 0) is 41.9 Å². The first-order valence-corrected chi connectivity index (χ1v) is 11.6. The number of benzene rings is 2. The second-order valence-corrected chi connectivity index (χ2v) is 9.51. The third-order valence-corrected chi connectivity index (χ3v) is 7.52. The van der Waals surface area contributed by atoms with Gasteiger partial charge in [-0.2, -0.15) is 5.43 Å². The number of hydrogen-bond donors (Lipinski definition) is 1. The molecule has 2 aromatic carbocycles. The Kier molecular flexibility index (Phi) is 5.35. The first-order chi connectivity index (χ1) is 14.6. The molecule has 3 aliphatic rings. The molecule has 3 amide bonds. The number of nitrogens with zero attached hydrogens (tertiary/aromatic N) is 3. The third-order valence-electron chi connectivity index (χ3n) is 5.94. The number of hydrogen-bond acceptors (Lipinski definition) is 4. The highest BCUT2D eigenvalue weighted by Gasteiger charge is 2.55. The average molecular weight is 443 g/mol. The molecule has 3 atom stereocenters. The molecule has 5 rings (SSSR count). The Labute approximate surface area is 185 Å². The Hall–Kier alpha value is -2.22. The number of hydrazine groups is 1. The van der Waals surface area contributed by atoms with E-state index < -0.39 is 6.29 Å². The molecule has 156 valence electrons. The fraction of sp³-hybridized carbons (Fsp3) is 0.364. The lowest BCUT2D eigenvalue weighted by Crippen LogP contribution is -2.66. The molecule has 0 radical (unpaired) electrons. The van der Waals surface area contributed by atoms with Crippen molar-refractivity contribution in [1.29, 1.82) is 0 Å². The summed E-state index contributed by atoms with van der Waals surface area (Å²) < 4.78 is 0. The lowest BCUT2D eigenvalue weighted by atomic mass is 10.0. The van der Waals surface area contributed by atoms with Crippen molar-refractivity contribution in [2.24, 2.45) is 0 Å². The lowest BCUT2D eigenvalue weighted by molar-refractivity contribution is -0.144. The highest BCUT2D eigenvalue weighted by molar-refractivity contribution is 8.00. The topological polar surface area (TPSA) is 55.9 Å². The molecule has 0 bridgehead atoms. The van der Waals surface area contributed by atoms with E-state index in [9.17, 15) is 9.59 Å². The van der Waals surface area contributed by atoms with Gasteiger partial charge in [-0.15, -0.1) is 11.8 Å². The minimum atomic E-state index is -0.437. The molecule has 3 fully saturated rings. The number of nitrogens with one attached hydrogen (secondary N) is 1. The Bertz CT molecular complexity index is 959. The van der Waals surface area contributed by atoms with E-state index in [1.807, 2.05) is 52.3 Å². The maximum absolute atomic E-state index is 13.3. The van der Waals surface area contributed by atoms with Crippen molar-refractivity contribution in [3.63, 3.8) is 0 Å². The Morgan fingerprint density at radius 2 is 1.87 bits per heavy atom. The van der Waals surface area contributed by atoms with Crippen molar-refractivity contribution in [3.8, 4) is 0 Å². The second kappa shape index (κ2) is 8.13. The summed E-state index contributed by atoms with van der Waals surface area (Å²) in [5.41, 5.74) is 5.43. The SMILES string of the molecule is O=C1C2SCCC2N2C(=O)N(Cc3cccc(Cl)c3)NC2N1CCc1ccccc1. The van der Waals surface area contributed by atoms with Gasteiger partial charge in [-0.1, -0.05) is 54.1 Å². The molecule has 3 unspecified atom stereocenters. The van der Waals surface area contributed by atoms with Crippen LogP contribution in [0.25, 0.3) is 0 Å². The summed E-state index contributed by atoms with van der Waals surface area (Å²) in [6.45, 7) is 0.969. The van der Waals surface area contributed by atoms with Gasteiger partial charge in [-0.25, -0.2) is 4.79 Å². The van der Waals surface area contributed by atoms with Crippen LogP contribution in [0.1, 0.15) is 17.5 Å². The standard InChI is InChI=1S/C22H23ClN4O2S/c23-17-8-4-7-16(13-17)14-26-22(29)27-18-10-12-30-19(18)20(28)25(21(27)24-26)11-9-15-5-2-1-3-6-15/h1-8,13,18-19,21,24H,9-12,14H2. The predicted molar refractivity (Wildman–Crippen MR) is 118 cm³/mol. The molecule has 30 heavy (non-hydrogen) atoms. The number of amides is 3. The van der Waals surface area contributed by atoms with Crippen LogP contribution in [0.3, 0.4) is 0 Å². The lowest BCUT2D eigenvalue weighted by Gasteiger charge is -2.44. The monoisotopic (exact) mass is 442 g/mol. The van der Waals surface area contributed by atoms with Gasteiger partial charge in [-0.3, -0.25) is 14.7 Å². The van der Waals surface area contributed by atoms with Gasteiger partial charge in [0, 0.05) is 11.6 Å². The van der Waals surface area contributed by atoms with Gasteiger partial charge in [0.1, 0.15) is 5.25 Å². The molecule has 3 aliphatic heterocycles. The van der Waals surface area contributed by atoms with Crippen molar-refractivity contribution in [3.05, 3.63) is 70.7 Å². The smallest absolute Gasteiger partial charge is 0.307 e. The molecule has 2 aromatic rings. The van der Waals surface area contributed by atoms with Crippen LogP contribution in [-0.4, -0.2) is 56.6 Å². The zero-order valence-electron chi connectivity index (χ0n) is 16.4. The molecule has 1 N–H and O–H groups in total. The summed E-state index contributed by atoms with van der Waals surface area (Å²) in [5.74, 6) is 1.03. The van der Waals surface area contributed by atoms with Crippen molar-refractivity contribution in [2.45, 2.75) is 37.0 Å². The normalized spacial score (nSPS) is 25.6. The largest absolute Gasteiger partial charge is 0.337 e. The van der Waals surface area contributed by atoms with Crippen LogP contribution in [-0.2, 0) is 17.8 Å². The second-order valence-electron chi connectivity index (χ2n) is 7.82. The summed E-state index contributed by atoms with van der Waals surface area (Å²) in [5, 5.41) is 2.09. The summed E-state index contributed by atoms with van der Waals surface area (Å²) >= 11 is 7.78. The summed E-state index contributed by atoms with van der Waals surface area (Å²) in [7, 11) is 0. The molecule has 0 aliphatic carbocycles. The molecule has 0 saturated carbocycles. The van der Waals surface area contributed by atoms with Gasteiger partial charge in [0.25, 0.3) is 0 Å². The van der Waals surface area contributed by atoms with Crippen LogP contribution < -0.4 is 5.43 Å². The minimum Gasteiger partial charge on any atom is -0.307 e. The van der Waals surface area contributed by atoms with E-state index in [1.54, 1.807) is 16.8 Å². The van der Waals surface area contributed by atoms with E-state index in [-0.39, 0.29) is 23.2 Å². The van der Waals surface area contributed by atoms with Crippen LogP contribution >= 0.6 is 23.4 Å². The van der Waals surface area contributed by atoms with Crippen molar-refractivity contribution >= 4 is 35.3 Å². The van der Waals surface area contributed by atoms with Crippen molar-refractivity contribution < 1.29 is 9.59 Å². The fourth-order valence-electron chi connectivity index (χ4n) is 4.48. The fourth-order valence-corrected chi connectivity index (χ4v) is 6.10. The number of carbonyl (C=O) groups excluding carboxylic acids is 2. The zero-order valence-corrected chi connectivity index (χ0v) is 18.0. The third kappa shape index (κ3) is 3.55. The number of rotatable bonds is 5.